The fourth-order valence-corrected chi connectivity index (χ4v) is 3.72. The van der Waals surface area contributed by atoms with Gasteiger partial charge in [-0.1, -0.05) is 68.4 Å². The normalized spacial score (nSPS) is 15.2. The van der Waals surface area contributed by atoms with Crippen molar-refractivity contribution in [1.29, 1.82) is 0 Å². The Balaban J connectivity index is 2.23. The van der Waals surface area contributed by atoms with Crippen molar-refractivity contribution in [3.05, 3.63) is 71.3 Å². The molecule has 0 spiro atoms. The summed E-state index contributed by atoms with van der Waals surface area (Å²) in [6, 6.07) is 20.1. The van der Waals surface area contributed by atoms with E-state index in [9.17, 15) is 0 Å². The lowest BCUT2D eigenvalue weighted by Crippen LogP contribution is -2.14. The van der Waals surface area contributed by atoms with Crippen molar-refractivity contribution in [2.24, 2.45) is 0 Å². The van der Waals surface area contributed by atoms with Crippen LogP contribution >= 0.6 is 0 Å². The van der Waals surface area contributed by atoms with Gasteiger partial charge in [-0.05, 0) is 45.5 Å². The van der Waals surface area contributed by atoms with E-state index in [1.165, 1.54) is 38.6 Å². The molecule has 1 aliphatic carbocycles. The van der Waals surface area contributed by atoms with Gasteiger partial charge in [0.1, 0.15) is 0 Å². The van der Waals surface area contributed by atoms with Gasteiger partial charge in [-0.15, -0.1) is 0 Å². The Morgan fingerprint density at radius 3 is 2.35 bits per heavy atom. The molecule has 0 aromatic heterocycles. The van der Waals surface area contributed by atoms with Gasteiger partial charge in [0.15, 0.2) is 0 Å². The number of hydrogen-bond donors (Lipinski definition) is 0. The van der Waals surface area contributed by atoms with Crippen LogP contribution < -0.4 is 0 Å². The molecule has 0 atom stereocenters. The zero-order valence-electron chi connectivity index (χ0n) is 12.2. The molecule has 0 bridgehead atoms. The molecule has 0 fully saturated rings. The van der Waals surface area contributed by atoms with Crippen molar-refractivity contribution < 1.29 is 0 Å². The summed E-state index contributed by atoms with van der Waals surface area (Å²) >= 11 is 0. The maximum Gasteiger partial charge on any atom is 0.0159 e. The van der Waals surface area contributed by atoms with Crippen molar-refractivity contribution >= 4 is 10.8 Å². The summed E-state index contributed by atoms with van der Waals surface area (Å²) in [6.07, 6.45) is 0. The van der Waals surface area contributed by atoms with Gasteiger partial charge >= 0.3 is 0 Å². The average molecular weight is 258 g/mol. The first kappa shape index (κ1) is 11.7. The maximum absolute atomic E-state index is 2.33. The van der Waals surface area contributed by atoms with E-state index in [4.69, 9.17) is 0 Å². The van der Waals surface area contributed by atoms with Crippen LogP contribution in [0.2, 0.25) is 0 Å². The molecule has 98 valence electrons. The minimum absolute atomic E-state index is 0.101. The summed E-state index contributed by atoms with van der Waals surface area (Å²) in [7, 11) is 0. The Hall–Kier alpha value is -2.08. The van der Waals surface area contributed by atoms with Crippen LogP contribution in [0.15, 0.2) is 54.6 Å². The third-order valence-corrected chi connectivity index (χ3v) is 4.82. The smallest absolute Gasteiger partial charge is 0.0159 e. The second kappa shape index (κ2) is 3.73. The minimum Gasteiger partial charge on any atom is -0.0619 e. The molecule has 20 heavy (non-hydrogen) atoms. The SMILES string of the molecule is Cc1cccc2c3c(ccc12)C(C)(C)c1ccccc1-3. The third-order valence-electron chi connectivity index (χ3n) is 4.82. The molecule has 0 aliphatic heterocycles. The topological polar surface area (TPSA) is 0 Å². The van der Waals surface area contributed by atoms with Crippen LogP contribution in [0, 0.1) is 6.92 Å². The van der Waals surface area contributed by atoms with Crippen LogP contribution in [0.25, 0.3) is 21.9 Å². The Bertz CT molecular complexity index is 838. The van der Waals surface area contributed by atoms with Crippen LogP contribution in [0.4, 0.5) is 0 Å². The molecule has 0 N–H and O–H groups in total. The number of rotatable bonds is 0. The minimum atomic E-state index is 0.101. The molecule has 4 rings (SSSR count). The number of fused-ring (bicyclic) bond motifs is 5. The van der Waals surface area contributed by atoms with Crippen molar-refractivity contribution in [1.82, 2.24) is 0 Å². The van der Waals surface area contributed by atoms with Crippen molar-refractivity contribution in [3.63, 3.8) is 0 Å². The average Bonchev–Trinajstić information content (AvgIpc) is 2.69. The van der Waals surface area contributed by atoms with Crippen LogP contribution in [0.3, 0.4) is 0 Å². The summed E-state index contributed by atoms with van der Waals surface area (Å²) in [5.41, 5.74) is 7.20. The van der Waals surface area contributed by atoms with Gasteiger partial charge < -0.3 is 0 Å². The highest BCUT2D eigenvalue weighted by molar-refractivity contribution is 6.03. The Kier molecular flexibility index (Phi) is 2.18. The molecular weight excluding hydrogens is 240 g/mol. The fourth-order valence-electron chi connectivity index (χ4n) is 3.72. The molecule has 0 saturated heterocycles. The fraction of sp³-hybridized carbons (Fsp3) is 0.200. The number of hydrogen-bond acceptors (Lipinski definition) is 0. The predicted molar refractivity (Wildman–Crippen MR) is 86.2 cm³/mol. The van der Waals surface area contributed by atoms with E-state index in [2.05, 4.69) is 75.4 Å². The highest BCUT2D eigenvalue weighted by Crippen LogP contribution is 2.51. The van der Waals surface area contributed by atoms with Gasteiger partial charge in [-0.3, -0.25) is 0 Å². The second-order valence-electron chi connectivity index (χ2n) is 6.33. The molecule has 0 heterocycles. The van der Waals surface area contributed by atoms with Crippen LogP contribution in [0.1, 0.15) is 30.5 Å². The van der Waals surface area contributed by atoms with Crippen LogP contribution in [0.5, 0.6) is 0 Å². The van der Waals surface area contributed by atoms with Gasteiger partial charge in [0, 0.05) is 5.41 Å². The second-order valence-corrected chi connectivity index (χ2v) is 6.33. The summed E-state index contributed by atoms with van der Waals surface area (Å²) in [5.74, 6) is 0. The van der Waals surface area contributed by atoms with Crippen molar-refractivity contribution in [3.8, 4) is 11.1 Å². The zero-order valence-corrected chi connectivity index (χ0v) is 12.2. The highest BCUT2D eigenvalue weighted by Gasteiger charge is 2.35. The third kappa shape index (κ3) is 1.31. The van der Waals surface area contributed by atoms with E-state index >= 15 is 0 Å². The summed E-state index contributed by atoms with van der Waals surface area (Å²) in [6.45, 7) is 6.86. The first-order valence-corrected chi connectivity index (χ1v) is 7.23. The molecule has 0 unspecified atom stereocenters. The van der Waals surface area contributed by atoms with Gasteiger partial charge in [-0.2, -0.15) is 0 Å². The van der Waals surface area contributed by atoms with E-state index < -0.39 is 0 Å². The zero-order chi connectivity index (χ0) is 13.9. The largest absolute Gasteiger partial charge is 0.0619 e. The molecule has 0 nitrogen and oxygen atoms in total. The first-order valence-electron chi connectivity index (χ1n) is 7.23. The predicted octanol–water partition coefficient (Wildman–Crippen LogP) is 5.45. The van der Waals surface area contributed by atoms with Crippen molar-refractivity contribution in [2.45, 2.75) is 26.2 Å². The Morgan fingerprint density at radius 2 is 1.50 bits per heavy atom. The molecule has 3 aromatic carbocycles. The van der Waals surface area contributed by atoms with E-state index in [1.807, 2.05) is 0 Å². The van der Waals surface area contributed by atoms with Crippen LogP contribution in [-0.4, -0.2) is 0 Å². The molecule has 0 amide bonds. The van der Waals surface area contributed by atoms with Gasteiger partial charge in [0.2, 0.25) is 0 Å². The Morgan fingerprint density at radius 1 is 0.700 bits per heavy atom. The standard InChI is InChI=1S/C20H18/c1-13-7-6-9-15-14(13)11-12-18-19(15)16-8-4-5-10-17(16)20(18,2)3/h4-12H,1-3H3. The lowest BCUT2D eigenvalue weighted by molar-refractivity contribution is 0.661. The van der Waals surface area contributed by atoms with Crippen LogP contribution in [-0.2, 0) is 5.41 Å². The highest BCUT2D eigenvalue weighted by atomic mass is 14.4. The summed E-state index contributed by atoms with van der Waals surface area (Å²) < 4.78 is 0. The summed E-state index contributed by atoms with van der Waals surface area (Å²) in [4.78, 5) is 0. The maximum atomic E-state index is 2.33. The monoisotopic (exact) mass is 258 g/mol. The molecule has 0 heteroatoms. The molecule has 1 aliphatic rings. The quantitative estimate of drug-likeness (QED) is 0.502. The summed E-state index contributed by atoms with van der Waals surface area (Å²) in [5, 5.41) is 2.76. The van der Waals surface area contributed by atoms with E-state index in [0.717, 1.165) is 0 Å². The van der Waals surface area contributed by atoms with E-state index in [-0.39, 0.29) is 5.41 Å². The van der Waals surface area contributed by atoms with Gasteiger partial charge in [0.05, 0.1) is 0 Å². The molecule has 3 aromatic rings. The lowest BCUT2D eigenvalue weighted by atomic mass is 9.82. The molecular formula is C20H18. The number of benzene rings is 3. The lowest BCUT2D eigenvalue weighted by Gasteiger charge is -2.21. The van der Waals surface area contributed by atoms with Crippen molar-refractivity contribution in [2.75, 3.05) is 0 Å². The van der Waals surface area contributed by atoms with Gasteiger partial charge in [0.25, 0.3) is 0 Å². The first-order chi connectivity index (χ1) is 9.60. The molecule has 0 radical (unpaired) electrons. The van der Waals surface area contributed by atoms with E-state index in [0.29, 0.717) is 0 Å². The van der Waals surface area contributed by atoms with E-state index in [1.54, 1.807) is 0 Å². The number of aryl methyl sites for hydroxylation is 1. The molecule has 0 saturated carbocycles. The Labute approximate surface area is 120 Å². The van der Waals surface area contributed by atoms with Gasteiger partial charge in [-0.25, -0.2) is 0 Å².